The predicted octanol–water partition coefficient (Wildman–Crippen LogP) is -0.565. The van der Waals surface area contributed by atoms with E-state index in [0.29, 0.717) is 26.2 Å². The lowest BCUT2D eigenvalue weighted by atomic mass is 10.2. The normalized spacial score (nSPS) is 29.4. The number of nitrogens with zero attached hydrogens (tertiary/aromatic N) is 1. The van der Waals surface area contributed by atoms with Crippen molar-refractivity contribution in [2.45, 2.75) is 31.3 Å². The fourth-order valence-electron chi connectivity index (χ4n) is 2.21. The average Bonchev–Trinajstić information content (AvgIpc) is 2.86. The maximum absolute atomic E-state index is 11.9. The Kier molecular flexibility index (Phi) is 3.28. The van der Waals surface area contributed by atoms with Gasteiger partial charge in [-0.05, 0) is 19.3 Å². The molecule has 2 fully saturated rings. The van der Waals surface area contributed by atoms with Crippen molar-refractivity contribution in [3.05, 3.63) is 0 Å². The molecule has 0 aromatic rings. The van der Waals surface area contributed by atoms with E-state index in [9.17, 15) is 9.59 Å². The van der Waals surface area contributed by atoms with Gasteiger partial charge < -0.3 is 20.7 Å². The molecule has 0 radical (unpaired) electrons. The molecule has 3 amide bonds. The van der Waals surface area contributed by atoms with E-state index in [4.69, 9.17) is 10.5 Å². The van der Waals surface area contributed by atoms with Gasteiger partial charge in [-0.3, -0.25) is 4.79 Å². The van der Waals surface area contributed by atoms with Crippen molar-refractivity contribution in [3.63, 3.8) is 0 Å². The van der Waals surface area contributed by atoms with Gasteiger partial charge in [-0.15, -0.1) is 0 Å². The maximum atomic E-state index is 11.9. The number of rotatable bonds is 2. The van der Waals surface area contributed by atoms with Crippen LogP contribution >= 0.6 is 0 Å². The summed E-state index contributed by atoms with van der Waals surface area (Å²) in [4.78, 5) is 24.5. The quantitative estimate of drug-likeness (QED) is 0.663. The van der Waals surface area contributed by atoms with Crippen LogP contribution in [0.4, 0.5) is 4.79 Å². The van der Waals surface area contributed by atoms with Crippen molar-refractivity contribution in [1.29, 1.82) is 0 Å². The van der Waals surface area contributed by atoms with Crippen LogP contribution in [0.1, 0.15) is 19.3 Å². The fourth-order valence-corrected chi connectivity index (χ4v) is 2.21. The van der Waals surface area contributed by atoms with Gasteiger partial charge in [0.1, 0.15) is 6.04 Å². The first-order valence-electron chi connectivity index (χ1n) is 5.62. The van der Waals surface area contributed by atoms with E-state index in [2.05, 4.69) is 5.32 Å². The van der Waals surface area contributed by atoms with Gasteiger partial charge in [0.2, 0.25) is 5.91 Å². The molecule has 0 aromatic carbocycles. The van der Waals surface area contributed by atoms with Gasteiger partial charge in [0, 0.05) is 13.2 Å². The molecule has 0 spiro atoms. The lowest BCUT2D eigenvalue weighted by molar-refractivity contribution is -0.121. The number of hydrogen-bond acceptors (Lipinski definition) is 3. The standard InChI is InChI=1S/C10H17N3O3/c11-9(14)8-2-1-4-13(8)10(15)12-7-3-5-16-6-7/h7-8H,1-6H2,(H2,11,14)(H,12,15). The van der Waals surface area contributed by atoms with Gasteiger partial charge in [-0.2, -0.15) is 0 Å². The molecule has 0 saturated carbocycles. The summed E-state index contributed by atoms with van der Waals surface area (Å²) >= 11 is 0. The van der Waals surface area contributed by atoms with E-state index in [-0.39, 0.29) is 12.1 Å². The second kappa shape index (κ2) is 4.69. The number of likely N-dealkylation sites (tertiary alicyclic amines) is 1. The summed E-state index contributed by atoms with van der Waals surface area (Å²) in [6.07, 6.45) is 2.34. The molecule has 0 bridgehead atoms. The minimum Gasteiger partial charge on any atom is -0.379 e. The molecule has 2 saturated heterocycles. The van der Waals surface area contributed by atoms with Crippen LogP contribution in [0.15, 0.2) is 0 Å². The van der Waals surface area contributed by atoms with Gasteiger partial charge in [-0.1, -0.05) is 0 Å². The Balaban J connectivity index is 1.90. The highest BCUT2D eigenvalue weighted by atomic mass is 16.5. The maximum Gasteiger partial charge on any atom is 0.318 e. The molecule has 16 heavy (non-hydrogen) atoms. The topological polar surface area (TPSA) is 84.7 Å². The second-order valence-electron chi connectivity index (χ2n) is 4.26. The number of primary amides is 1. The van der Waals surface area contributed by atoms with Crippen molar-refractivity contribution in [1.82, 2.24) is 10.2 Å². The minimum absolute atomic E-state index is 0.0710. The fraction of sp³-hybridized carbons (Fsp3) is 0.800. The number of hydrogen-bond donors (Lipinski definition) is 2. The van der Waals surface area contributed by atoms with Gasteiger partial charge in [0.25, 0.3) is 0 Å². The van der Waals surface area contributed by atoms with Gasteiger partial charge in [0.15, 0.2) is 0 Å². The molecule has 0 aromatic heterocycles. The van der Waals surface area contributed by atoms with Crippen LogP contribution in [0.2, 0.25) is 0 Å². The highest BCUT2D eigenvalue weighted by Crippen LogP contribution is 2.17. The van der Waals surface area contributed by atoms with Gasteiger partial charge in [0.05, 0.1) is 12.6 Å². The van der Waals surface area contributed by atoms with E-state index in [1.54, 1.807) is 0 Å². The third-order valence-electron chi connectivity index (χ3n) is 3.10. The molecule has 6 nitrogen and oxygen atoms in total. The van der Waals surface area contributed by atoms with Crippen molar-refractivity contribution < 1.29 is 14.3 Å². The predicted molar refractivity (Wildman–Crippen MR) is 56.7 cm³/mol. The zero-order valence-corrected chi connectivity index (χ0v) is 9.15. The molecule has 0 aliphatic carbocycles. The third-order valence-corrected chi connectivity index (χ3v) is 3.10. The summed E-state index contributed by atoms with van der Waals surface area (Å²) in [6.45, 7) is 1.85. The Hall–Kier alpha value is -1.30. The van der Waals surface area contributed by atoms with Crippen LogP contribution in [-0.2, 0) is 9.53 Å². The molecule has 2 aliphatic rings. The highest BCUT2D eigenvalue weighted by molar-refractivity contribution is 5.86. The molecule has 2 atom stereocenters. The number of nitrogens with two attached hydrogens (primary N) is 1. The average molecular weight is 227 g/mol. The van der Waals surface area contributed by atoms with Crippen molar-refractivity contribution in [2.24, 2.45) is 5.73 Å². The minimum atomic E-state index is -0.442. The van der Waals surface area contributed by atoms with Gasteiger partial charge >= 0.3 is 6.03 Å². The highest BCUT2D eigenvalue weighted by Gasteiger charge is 2.33. The van der Waals surface area contributed by atoms with Crippen molar-refractivity contribution in [3.8, 4) is 0 Å². The van der Waals surface area contributed by atoms with E-state index in [1.165, 1.54) is 4.90 Å². The molecule has 2 aliphatic heterocycles. The summed E-state index contributed by atoms with van der Waals surface area (Å²) in [5, 5.41) is 2.86. The lowest BCUT2D eigenvalue weighted by Gasteiger charge is -2.24. The van der Waals surface area contributed by atoms with E-state index >= 15 is 0 Å². The Morgan fingerprint density at radius 1 is 1.38 bits per heavy atom. The number of nitrogens with one attached hydrogen (secondary N) is 1. The SMILES string of the molecule is NC(=O)C1CCCN1C(=O)NC1CCOC1. The monoisotopic (exact) mass is 227 g/mol. The molecule has 90 valence electrons. The summed E-state index contributed by atoms with van der Waals surface area (Å²) < 4.78 is 5.17. The molecule has 6 heteroatoms. The van der Waals surface area contributed by atoms with Gasteiger partial charge in [-0.25, -0.2) is 4.79 Å². The first-order chi connectivity index (χ1) is 7.68. The van der Waals surface area contributed by atoms with Crippen LogP contribution < -0.4 is 11.1 Å². The first kappa shape index (κ1) is 11.2. The molecular weight excluding hydrogens is 210 g/mol. The second-order valence-corrected chi connectivity index (χ2v) is 4.26. The molecule has 3 N–H and O–H groups in total. The molecular formula is C10H17N3O3. The van der Waals surface area contributed by atoms with Crippen LogP contribution in [0.3, 0.4) is 0 Å². The molecule has 2 rings (SSSR count). The Labute approximate surface area is 94.1 Å². The zero-order chi connectivity index (χ0) is 11.5. The third kappa shape index (κ3) is 2.27. The largest absolute Gasteiger partial charge is 0.379 e. The van der Waals surface area contributed by atoms with Crippen LogP contribution in [0.25, 0.3) is 0 Å². The van der Waals surface area contributed by atoms with Crippen molar-refractivity contribution in [2.75, 3.05) is 19.8 Å². The summed E-state index contributed by atoms with van der Waals surface area (Å²) in [5.74, 6) is -0.421. The van der Waals surface area contributed by atoms with Crippen LogP contribution in [0.5, 0.6) is 0 Å². The summed E-state index contributed by atoms with van der Waals surface area (Å²) in [5.41, 5.74) is 5.25. The van der Waals surface area contributed by atoms with E-state index in [0.717, 1.165) is 12.8 Å². The Morgan fingerprint density at radius 3 is 2.81 bits per heavy atom. The van der Waals surface area contributed by atoms with Crippen molar-refractivity contribution >= 4 is 11.9 Å². The summed E-state index contributed by atoms with van der Waals surface area (Å²) in [7, 11) is 0. The number of amides is 3. The van der Waals surface area contributed by atoms with E-state index < -0.39 is 11.9 Å². The zero-order valence-electron chi connectivity index (χ0n) is 9.15. The Bertz CT molecular complexity index is 289. The lowest BCUT2D eigenvalue weighted by Crippen LogP contribution is -2.50. The number of carbonyl (C=O) groups excluding carboxylic acids is 2. The van der Waals surface area contributed by atoms with E-state index in [1.807, 2.05) is 0 Å². The first-order valence-corrected chi connectivity index (χ1v) is 5.62. The van der Waals surface area contributed by atoms with Crippen LogP contribution in [0, 0.1) is 0 Å². The number of carbonyl (C=O) groups is 2. The number of urea groups is 1. The summed E-state index contributed by atoms with van der Waals surface area (Å²) in [6, 6.07) is -0.569. The van der Waals surface area contributed by atoms with Crippen LogP contribution in [-0.4, -0.2) is 48.7 Å². The molecule has 2 heterocycles. The Morgan fingerprint density at radius 2 is 2.19 bits per heavy atom. The molecule has 2 unspecified atom stereocenters. The smallest absolute Gasteiger partial charge is 0.318 e. The number of ether oxygens (including phenoxy) is 1.